The summed E-state index contributed by atoms with van der Waals surface area (Å²) < 4.78 is 4.58. The highest BCUT2D eigenvalue weighted by atomic mass is 16.5. The molecule has 1 fully saturated rings. The predicted octanol–water partition coefficient (Wildman–Crippen LogP) is 0.919. The van der Waals surface area contributed by atoms with E-state index >= 15 is 0 Å². The fourth-order valence-corrected chi connectivity index (χ4v) is 0.858. The molecular formula is C8H12O3. The van der Waals surface area contributed by atoms with Crippen LogP contribution >= 0.6 is 0 Å². The number of hydrogen-bond acceptors (Lipinski definition) is 3. The van der Waals surface area contributed by atoms with Crippen LogP contribution < -0.4 is 0 Å². The summed E-state index contributed by atoms with van der Waals surface area (Å²) >= 11 is 0. The summed E-state index contributed by atoms with van der Waals surface area (Å²) in [5, 5.41) is 0. The fourth-order valence-electron chi connectivity index (χ4n) is 0.858. The molecule has 0 saturated heterocycles. The average molecular weight is 156 g/mol. The molecule has 0 atom stereocenters. The van der Waals surface area contributed by atoms with Crippen molar-refractivity contribution in [1.29, 1.82) is 0 Å². The number of Topliss-reactive ketones (excluding diaryl/α,β-unsaturated/α-hetero) is 1. The van der Waals surface area contributed by atoms with E-state index in [2.05, 4.69) is 4.74 Å². The Labute approximate surface area is 65.7 Å². The van der Waals surface area contributed by atoms with Crippen molar-refractivity contribution in [1.82, 2.24) is 0 Å². The van der Waals surface area contributed by atoms with E-state index < -0.39 is 5.97 Å². The number of ether oxygens (including phenoxy) is 1. The van der Waals surface area contributed by atoms with Gasteiger partial charge in [0.25, 0.3) is 0 Å². The topological polar surface area (TPSA) is 43.4 Å². The maximum absolute atomic E-state index is 11.1. The van der Waals surface area contributed by atoms with Gasteiger partial charge in [-0.1, -0.05) is 6.92 Å². The van der Waals surface area contributed by atoms with E-state index in [0.717, 1.165) is 12.8 Å². The van der Waals surface area contributed by atoms with Gasteiger partial charge in [-0.2, -0.15) is 0 Å². The Morgan fingerprint density at radius 1 is 1.45 bits per heavy atom. The van der Waals surface area contributed by atoms with Gasteiger partial charge in [-0.05, 0) is 19.8 Å². The van der Waals surface area contributed by atoms with Crippen LogP contribution in [-0.2, 0) is 14.3 Å². The Hall–Kier alpha value is -0.860. The monoisotopic (exact) mass is 156 g/mol. The molecule has 0 amide bonds. The van der Waals surface area contributed by atoms with E-state index in [1.54, 1.807) is 13.8 Å². The number of esters is 1. The van der Waals surface area contributed by atoms with Crippen LogP contribution in [0.25, 0.3) is 0 Å². The molecule has 0 unspecified atom stereocenters. The standard InChI is InChI=1S/C8H12O3/c1-3-11-7(10)6(9)8(2)4-5-8/h3-5H2,1-2H3. The highest BCUT2D eigenvalue weighted by Crippen LogP contribution is 2.45. The highest BCUT2D eigenvalue weighted by molar-refractivity contribution is 6.36. The molecule has 1 aliphatic carbocycles. The van der Waals surface area contributed by atoms with E-state index in [4.69, 9.17) is 0 Å². The first kappa shape index (κ1) is 8.24. The largest absolute Gasteiger partial charge is 0.460 e. The van der Waals surface area contributed by atoms with Crippen molar-refractivity contribution >= 4 is 11.8 Å². The molecule has 1 rings (SSSR count). The summed E-state index contributed by atoms with van der Waals surface area (Å²) in [5.74, 6) is -1.04. The molecule has 0 aromatic heterocycles. The van der Waals surface area contributed by atoms with E-state index in [-0.39, 0.29) is 17.8 Å². The molecule has 1 aliphatic rings. The van der Waals surface area contributed by atoms with Gasteiger partial charge in [-0.15, -0.1) is 0 Å². The predicted molar refractivity (Wildman–Crippen MR) is 39.0 cm³/mol. The lowest BCUT2D eigenvalue weighted by atomic mass is 10.0. The lowest BCUT2D eigenvalue weighted by Crippen LogP contribution is -2.24. The first-order chi connectivity index (χ1) is 5.10. The summed E-state index contributed by atoms with van der Waals surface area (Å²) in [6.07, 6.45) is 1.65. The molecule has 1 saturated carbocycles. The second-order valence-corrected chi connectivity index (χ2v) is 3.11. The first-order valence-corrected chi connectivity index (χ1v) is 3.82. The van der Waals surface area contributed by atoms with Crippen molar-refractivity contribution in [3.05, 3.63) is 0 Å². The van der Waals surface area contributed by atoms with Gasteiger partial charge in [0, 0.05) is 5.41 Å². The zero-order valence-corrected chi connectivity index (χ0v) is 6.85. The van der Waals surface area contributed by atoms with E-state index in [1.165, 1.54) is 0 Å². The molecule has 3 nitrogen and oxygen atoms in total. The minimum Gasteiger partial charge on any atom is -0.460 e. The van der Waals surface area contributed by atoms with Gasteiger partial charge >= 0.3 is 5.97 Å². The van der Waals surface area contributed by atoms with Crippen LogP contribution in [0.15, 0.2) is 0 Å². The number of rotatable bonds is 3. The van der Waals surface area contributed by atoms with Crippen LogP contribution in [0, 0.1) is 5.41 Å². The lowest BCUT2D eigenvalue weighted by molar-refractivity contribution is -0.155. The molecule has 0 aromatic rings. The van der Waals surface area contributed by atoms with Crippen LogP contribution in [0.1, 0.15) is 26.7 Å². The van der Waals surface area contributed by atoms with Crippen molar-refractivity contribution in [2.24, 2.45) is 5.41 Å². The second kappa shape index (κ2) is 2.64. The molecule has 11 heavy (non-hydrogen) atoms. The van der Waals surface area contributed by atoms with Gasteiger partial charge in [0.05, 0.1) is 6.61 Å². The zero-order chi connectivity index (χ0) is 8.48. The Balaban J connectivity index is 2.47. The zero-order valence-electron chi connectivity index (χ0n) is 6.85. The molecule has 0 aliphatic heterocycles. The van der Waals surface area contributed by atoms with Crippen molar-refractivity contribution in [2.75, 3.05) is 6.61 Å². The minimum atomic E-state index is -0.674. The third kappa shape index (κ3) is 1.59. The maximum atomic E-state index is 11.1. The summed E-state index contributed by atoms with van der Waals surface area (Å²) in [6.45, 7) is 3.77. The number of carbonyl (C=O) groups is 2. The van der Waals surface area contributed by atoms with Crippen LogP contribution in [0.3, 0.4) is 0 Å². The van der Waals surface area contributed by atoms with Gasteiger partial charge in [0.15, 0.2) is 0 Å². The molecule has 0 radical (unpaired) electrons. The van der Waals surface area contributed by atoms with Crippen LogP contribution in [-0.4, -0.2) is 18.4 Å². The summed E-state index contributed by atoms with van der Waals surface area (Å²) in [7, 11) is 0. The number of hydrogen-bond donors (Lipinski definition) is 0. The minimum absolute atomic E-state index is 0.278. The smallest absolute Gasteiger partial charge is 0.375 e. The second-order valence-electron chi connectivity index (χ2n) is 3.11. The Morgan fingerprint density at radius 2 is 2.00 bits per heavy atom. The first-order valence-electron chi connectivity index (χ1n) is 3.82. The van der Waals surface area contributed by atoms with Crippen molar-refractivity contribution < 1.29 is 14.3 Å². The number of ketones is 1. The van der Waals surface area contributed by atoms with Crippen molar-refractivity contribution in [3.63, 3.8) is 0 Å². The maximum Gasteiger partial charge on any atom is 0.375 e. The molecule has 0 bridgehead atoms. The summed E-state index contributed by atoms with van der Waals surface area (Å²) in [4.78, 5) is 22.0. The lowest BCUT2D eigenvalue weighted by Gasteiger charge is -2.04. The van der Waals surface area contributed by atoms with Gasteiger partial charge in [0.2, 0.25) is 5.78 Å². The van der Waals surface area contributed by atoms with Gasteiger partial charge in [-0.3, -0.25) is 4.79 Å². The SMILES string of the molecule is CCOC(=O)C(=O)C1(C)CC1. The quantitative estimate of drug-likeness (QED) is 0.450. The van der Waals surface area contributed by atoms with Gasteiger partial charge in [0.1, 0.15) is 0 Å². The van der Waals surface area contributed by atoms with Crippen molar-refractivity contribution in [2.45, 2.75) is 26.7 Å². The summed E-state index contributed by atoms with van der Waals surface area (Å²) in [5.41, 5.74) is -0.383. The van der Waals surface area contributed by atoms with Crippen LogP contribution in [0.2, 0.25) is 0 Å². The van der Waals surface area contributed by atoms with Crippen LogP contribution in [0.5, 0.6) is 0 Å². The molecule has 62 valence electrons. The molecule has 0 heterocycles. The highest BCUT2D eigenvalue weighted by Gasteiger charge is 2.48. The average Bonchev–Trinajstić information content (AvgIpc) is 2.68. The van der Waals surface area contributed by atoms with Crippen molar-refractivity contribution in [3.8, 4) is 0 Å². The van der Waals surface area contributed by atoms with E-state index in [9.17, 15) is 9.59 Å². The Morgan fingerprint density at radius 3 is 2.36 bits per heavy atom. The Kier molecular flexibility index (Phi) is 1.98. The molecule has 3 heteroatoms. The molecule has 0 N–H and O–H groups in total. The number of carbonyl (C=O) groups excluding carboxylic acids is 2. The summed E-state index contributed by atoms with van der Waals surface area (Å²) in [6, 6.07) is 0. The van der Waals surface area contributed by atoms with E-state index in [0.29, 0.717) is 0 Å². The van der Waals surface area contributed by atoms with Crippen LogP contribution in [0.4, 0.5) is 0 Å². The Bertz CT molecular complexity index is 192. The third-order valence-electron chi connectivity index (χ3n) is 2.01. The van der Waals surface area contributed by atoms with Gasteiger partial charge in [-0.25, -0.2) is 4.79 Å². The fraction of sp³-hybridized carbons (Fsp3) is 0.750. The van der Waals surface area contributed by atoms with Gasteiger partial charge < -0.3 is 4.74 Å². The normalized spacial score (nSPS) is 19.1. The van der Waals surface area contributed by atoms with E-state index in [1.807, 2.05) is 0 Å². The third-order valence-corrected chi connectivity index (χ3v) is 2.01. The molecule has 0 spiro atoms. The molecular weight excluding hydrogens is 144 g/mol. The molecule has 0 aromatic carbocycles.